The smallest absolute Gasteiger partial charge is 0.156 e. The Hall–Kier alpha value is -2.35. The van der Waals surface area contributed by atoms with Crippen molar-refractivity contribution in [1.82, 2.24) is 4.68 Å². The molecule has 0 radical (unpaired) electrons. The Labute approximate surface area is 126 Å². The van der Waals surface area contributed by atoms with Crippen molar-refractivity contribution in [3.63, 3.8) is 0 Å². The van der Waals surface area contributed by atoms with Gasteiger partial charge in [0.2, 0.25) is 5.69 Å². The predicted octanol–water partition coefficient (Wildman–Crippen LogP) is 3.80. The minimum atomic E-state index is 1.23. The molecule has 0 aliphatic carbocycles. The van der Waals surface area contributed by atoms with Crippen LogP contribution >= 0.6 is 0 Å². The Bertz CT molecular complexity index is 780. The summed E-state index contributed by atoms with van der Waals surface area (Å²) >= 11 is 0. The first kappa shape index (κ1) is 13.6. The Morgan fingerprint density at radius 2 is 1.52 bits per heavy atom. The monoisotopic (exact) mass is 277 g/mol. The zero-order valence-corrected chi connectivity index (χ0v) is 13.1. The standard InChI is InChI=1S/C19H21N2/c1-14-8-10-16(11-9-14)18-13-19(21(4)20(18)3)17-7-5-6-15(2)12-17/h5-13H,1-4H3/q+1. The molecule has 0 aliphatic heterocycles. The second-order valence-corrected chi connectivity index (χ2v) is 5.70. The lowest BCUT2D eigenvalue weighted by molar-refractivity contribution is -0.740. The van der Waals surface area contributed by atoms with Gasteiger partial charge in [-0.05, 0) is 26.0 Å². The Morgan fingerprint density at radius 1 is 0.810 bits per heavy atom. The molecule has 0 unspecified atom stereocenters. The molecule has 2 heteroatoms. The summed E-state index contributed by atoms with van der Waals surface area (Å²) in [6, 6.07) is 19.6. The van der Waals surface area contributed by atoms with Gasteiger partial charge in [0.15, 0.2) is 7.05 Å². The molecule has 0 saturated carbocycles. The van der Waals surface area contributed by atoms with Gasteiger partial charge in [-0.1, -0.05) is 47.5 Å². The van der Waals surface area contributed by atoms with Crippen molar-refractivity contribution >= 4 is 0 Å². The maximum absolute atomic E-state index is 2.26. The molecule has 0 amide bonds. The SMILES string of the molecule is Cc1ccc(-c2cc(-c3cccc(C)c3)[n+](C)n2C)cc1. The van der Waals surface area contributed by atoms with Crippen molar-refractivity contribution in [2.45, 2.75) is 13.8 Å². The number of rotatable bonds is 2. The summed E-state index contributed by atoms with van der Waals surface area (Å²) in [7, 11) is 4.21. The fourth-order valence-electron chi connectivity index (χ4n) is 2.71. The van der Waals surface area contributed by atoms with E-state index in [4.69, 9.17) is 0 Å². The second-order valence-electron chi connectivity index (χ2n) is 5.70. The number of hydrogen-bond acceptors (Lipinski definition) is 0. The summed E-state index contributed by atoms with van der Waals surface area (Å²) < 4.78 is 4.40. The lowest BCUT2D eigenvalue weighted by Crippen LogP contribution is -2.39. The summed E-state index contributed by atoms with van der Waals surface area (Å²) in [5, 5.41) is 0. The van der Waals surface area contributed by atoms with Crippen molar-refractivity contribution in [1.29, 1.82) is 0 Å². The average molecular weight is 277 g/mol. The predicted molar refractivity (Wildman–Crippen MR) is 86.9 cm³/mol. The van der Waals surface area contributed by atoms with Crippen LogP contribution in [-0.2, 0) is 14.1 Å². The quantitative estimate of drug-likeness (QED) is 0.630. The van der Waals surface area contributed by atoms with Crippen LogP contribution in [0.1, 0.15) is 11.1 Å². The fourth-order valence-corrected chi connectivity index (χ4v) is 2.71. The van der Waals surface area contributed by atoms with Crippen LogP contribution in [0, 0.1) is 13.8 Å². The van der Waals surface area contributed by atoms with Crippen LogP contribution in [0.2, 0.25) is 0 Å². The normalized spacial score (nSPS) is 10.9. The van der Waals surface area contributed by atoms with Crippen LogP contribution in [0.5, 0.6) is 0 Å². The van der Waals surface area contributed by atoms with E-state index in [0.717, 1.165) is 0 Å². The van der Waals surface area contributed by atoms with Gasteiger partial charge in [0.1, 0.15) is 5.69 Å². The molecule has 0 spiro atoms. The lowest BCUT2D eigenvalue weighted by Gasteiger charge is -2.00. The molecule has 0 atom stereocenters. The van der Waals surface area contributed by atoms with Gasteiger partial charge >= 0.3 is 0 Å². The molecule has 21 heavy (non-hydrogen) atoms. The highest BCUT2D eigenvalue weighted by Gasteiger charge is 2.19. The molecular formula is C19H21N2+. The molecule has 1 heterocycles. The third-order valence-electron chi connectivity index (χ3n) is 4.08. The Morgan fingerprint density at radius 3 is 2.19 bits per heavy atom. The number of aryl methyl sites for hydroxylation is 2. The minimum Gasteiger partial charge on any atom is -0.156 e. The maximum Gasteiger partial charge on any atom is 0.238 e. The van der Waals surface area contributed by atoms with E-state index in [1.807, 2.05) is 0 Å². The van der Waals surface area contributed by atoms with Crippen molar-refractivity contribution in [2.24, 2.45) is 14.1 Å². The van der Waals surface area contributed by atoms with Crippen molar-refractivity contribution in [3.05, 3.63) is 65.7 Å². The molecule has 0 fully saturated rings. The Kier molecular flexibility index (Phi) is 3.38. The maximum atomic E-state index is 2.26. The molecule has 0 saturated heterocycles. The third-order valence-corrected chi connectivity index (χ3v) is 4.08. The molecular weight excluding hydrogens is 256 g/mol. The number of benzene rings is 2. The summed E-state index contributed by atoms with van der Waals surface area (Å²) in [5.41, 5.74) is 7.54. The molecule has 0 N–H and O–H groups in total. The highest BCUT2D eigenvalue weighted by Crippen LogP contribution is 2.25. The van der Waals surface area contributed by atoms with Crippen LogP contribution in [0.15, 0.2) is 54.6 Å². The summed E-state index contributed by atoms with van der Waals surface area (Å²) in [6.07, 6.45) is 0. The second kappa shape index (κ2) is 5.21. The highest BCUT2D eigenvalue weighted by atomic mass is 15.4. The van der Waals surface area contributed by atoms with Gasteiger partial charge in [-0.3, -0.25) is 0 Å². The van der Waals surface area contributed by atoms with Gasteiger partial charge in [-0.15, -0.1) is 4.68 Å². The van der Waals surface area contributed by atoms with Crippen molar-refractivity contribution in [2.75, 3.05) is 0 Å². The number of hydrogen-bond donors (Lipinski definition) is 0. The number of nitrogens with zero attached hydrogens (tertiary/aromatic N) is 2. The largest absolute Gasteiger partial charge is 0.238 e. The minimum absolute atomic E-state index is 1.23. The van der Waals surface area contributed by atoms with Gasteiger partial charge in [-0.25, -0.2) is 0 Å². The van der Waals surface area contributed by atoms with Crippen LogP contribution in [0.25, 0.3) is 22.5 Å². The molecule has 2 nitrogen and oxygen atoms in total. The molecule has 1 aromatic heterocycles. The van der Waals surface area contributed by atoms with Gasteiger partial charge in [0.25, 0.3) is 0 Å². The van der Waals surface area contributed by atoms with E-state index in [9.17, 15) is 0 Å². The number of aromatic nitrogens is 2. The van der Waals surface area contributed by atoms with Crippen molar-refractivity contribution < 1.29 is 4.68 Å². The third kappa shape index (κ3) is 2.49. The molecule has 106 valence electrons. The van der Waals surface area contributed by atoms with Crippen LogP contribution in [-0.4, -0.2) is 4.68 Å². The molecule has 3 rings (SSSR count). The van der Waals surface area contributed by atoms with E-state index in [1.165, 1.54) is 33.6 Å². The first-order valence-electron chi connectivity index (χ1n) is 7.26. The van der Waals surface area contributed by atoms with E-state index in [1.54, 1.807) is 0 Å². The zero-order valence-electron chi connectivity index (χ0n) is 13.1. The zero-order chi connectivity index (χ0) is 15.0. The summed E-state index contributed by atoms with van der Waals surface area (Å²) in [5.74, 6) is 0. The van der Waals surface area contributed by atoms with Crippen LogP contribution in [0.4, 0.5) is 0 Å². The summed E-state index contributed by atoms with van der Waals surface area (Å²) in [4.78, 5) is 0. The van der Waals surface area contributed by atoms with Crippen LogP contribution in [0.3, 0.4) is 0 Å². The van der Waals surface area contributed by atoms with Gasteiger partial charge in [0, 0.05) is 17.2 Å². The van der Waals surface area contributed by atoms with E-state index in [0.29, 0.717) is 0 Å². The van der Waals surface area contributed by atoms with E-state index >= 15 is 0 Å². The van der Waals surface area contributed by atoms with Gasteiger partial charge in [0.05, 0.1) is 7.05 Å². The first-order valence-corrected chi connectivity index (χ1v) is 7.26. The molecule has 3 aromatic rings. The average Bonchev–Trinajstić information content (AvgIpc) is 2.77. The van der Waals surface area contributed by atoms with E-state index in [2.05, 4.69) is 91.9 Å². The lowest BCUT2D eigenvalue weighted by atomic mass is 10.1. The topological polar surface area (TPSA) is 8.81 Å². The van der Waals surface area contributed by atoms with Crippen LogP contribution < -0.4 is 4.68 Å². The first-order chi connectivity index (χ1) is 10.1. The van der Waals surface area contributed by atoms with Gasteiger partial charge in [-0.2, -0.15) is 4.68 Å². The fraction of sp³-hybridized carbons (Fsp3) is 0.211. The van der Waals surface area contributed by atoms with Crippen molar-refractivity contribution in [3.8, 4) is 22.5 Å². The molecule has 0 aliphatic rings. The van der Waals surface area contributed by atoms with E-state index < -0.39 is 0 Å². The summed E-state index contributed by atoms with van der Waals surface area (Å²) in [6.45, 7) is 4.25. The molecule has 0 bridgehead atoms. The Balaban J connectivity index is 2.13. The molecule has 2 aromatic carbocycles. The van der Waals surface area contributed by atoms with Gasteiger partial charge < -0.3 is 0 Å². The van der Waals surface area contributed by atoms with E-state index in [-0.39, 0.29) is 0 Å². The highest BCUT2D eigenvalue weighted by molar-refractivity contribution is 5.67.